The fraction of sp³-hybridized carbons (Fsp3) is 0.417. The SMILES string of the molecule is Nc1ccc(C(=O)N2CCCSCC2)c(F)c1. The van der Waals surface area contributed by atoms with Crippen molar-refractivity contribution < 1.29 is 9.18 Å². The van der Waals surface area contributed by atoms with E-state index in [1.54, 1.807) is 11.0 Å². The number of hydrogen-bond acceptors (Lipinski definition) is 3. The summed E-state index contributed by atoms with van der Waals surface area (Å²) in [5.74, 6) is 1.22. The monoisotopic (exact) mass is 254 g/mol. The minimum atomic E-state index is -0.535. The number of carbonyl (C=O) groups excluding carboxylic acids is 1. The van der Waals surface area contributed by atoms with E-state index in [0.717, 1.165) is 17.9 Å². The highest BCUT2D eigenvalue weighted by atomic mass is 32.2. The van der Waals surface area contributed by atoms with Crippen LogP contribution < -0.4 is 5.73 Å². The third-order valence-corrected chi connectivity index (χ3v) is 3.78. The maximum atomic E-state index is 13.6. The van der Waals surface area contributed by atoms with E-state index in [9.17, 15) is 9.18 Å². The molecule has 1 heterocycles. The van der Waals surface area contributed by atoms with E-state index in [1.807, 2.05) is 11.8 Å². The van der Waals surface area contributed by atoms with Crippen molar-refractivity contribution in [1.29, 1.82) is 0 Å². The maximum Gasteiger partial charge on any atom is 0.256 e. The lowest BCUT2D eigenvalue weighted by molar-refractivity contribution is 0.0764. The van der Waals surface area contributed by atoms with Crippen LogP contribution in [0.25, 0.3) is 0 Å². The van der Waals surface area contributed by atoms with E-state index in [4.69, 9.17) is 5.73 Å². The van der Waals surface area contributed by atoms with Crippen LogP contribution in [0.1, 0.15) is 16.8 Å². The van der Waals surface area contributed by atoms with Gasteiger partial charge in [0, 0.05) is 24.5 Å². The molecule has 5 heteroatoms. The van der Waals surface area contributed by atoms with Crippen LogP contribution in [-0.2, 0) is 0 Å². The fourth-order valence-electron chi connectivity index (χ4n) is 1.82. The molecule has 1 aliphatic heterocycles. The first-order chi connectivity index (χ1) is 8.18. The van der Waals surface area contributed by atoms with Gasteiger partial charge in [-0.05, 0) is 30.4 Å². The number of halogens is 1. The van der Waals surface area contributed by atoms with Gasteiger partial charge in [-0.1, -0.05) is 0 Å². The molecule has 0 saturated carbocycles. The molecule has 2 rings (SSSR count). The van der Waals surface area contributed by atoms with Crippen LogP contribution in [-0.4, -0.2) is 35.4 Å². The van der Waals surface area contributed by atoms with Crippen molar-refractivity contribution in [1.82, 2.24) is 4.90 Å². The second kappa shape index (κ2) is 5.40. The first kappa shape index (κ1) is 12.2. The van der Waals surface area contributed by atoms with Gasteiger partial charge in [0.15, 0.2) is 0 Å². The summed E-state index contributed by atoms with van der Waals surface area (Å²) in [6.45, 7) is 1.39. The quantitative estimate of drug-likeness (QED) is 0.780. The van der Waals surface area contributed by atoms with Gasteiger partial charge in [0.2, 0.25) is 0 Å². The molecule has 3 nitrogen and oxygen atoms in total. The largest absolute Gasteiger partial charge is 0.399 e. The average Bonchev–Trinajstić information content (AvgIpc) is 2.56. The molecule has 0 bridgehead atoms. The molecule has 1 aromatic carbocycles. The molecular formula is C12H15FN2OS. The molecule has 0 spiro atoms. The Bertz CT molecular complexity index is 417. The summed E-state index contributed by atoms with van der Waals surface area (Å²) in [6, 6.07) is 4.22. The van der Waals surface area contributed by atoms with E-state index in [1.165, 1.54) is 12.1 Å². The Kier molecular flexibility index (Phi) is 3.89. The molecule has 0 aliphatic carbocycles. The number of nitrogens with two attached hydrogens (primary N) is 1. The number of rotatable bonds is 1. The van der Waals surface area contributed by atoms with Crippen molar-refractivity contribution in [2.45, 2.75) is 6.42 Å². The number of anilines is 1. The summed E-state index contributed by atoms with van der Waals surface area (Å²) in [5, 5.41) is 0. The standard InChI is InChI=1S/C12H15FN2OS/c13-11-8-9(14)2-3-10(11)12(16)15-4-1-6-17-7-5-15/h2-3,8H,1,4-7,14H2. The molecule has 0 unspecified atom stereocenters. The molecule has 1 amide bonds. The second-order valence-electron chi connectivity index (χ2n) is 4.00. The highest BCUT2D eigenvalue weighted by Gasteiger charge is 2.20. The third kappa shape index (κ3) is 2.91. The first-order valence-corrected chi connectivity index (χ1v) is 6.76. The molecule has 1 saturated heterocycles. The lowest BCUT2D eigenvalue weighted by Gasteiger charge is -2.20. The van der Waals surface area contributed by atoms with Gasteiger partial charge < -0.3 is 10.6 Å². The van der Waals surface area contributed by atoms with Gasteiger partial charge in [-0.2, -0.15) is 11.8 Å². The van der Waals surface area contributed by atoms with Crippen molar-refractivity contribution in [3.05, 3.63) is 29.6 Å². The Labute approximate surface area is 104 Å². The van der Waals surface area contributed by atoms with Crippen LogP contribution in [0.15, 0.2) is 18.2 Å². The summed E-state index contributed by atoms with van der Waals surface area (Å²) < 4.78 is 13.6. The molecule has 92 valence electrons. The number of hydrogen-bond donors (Lipinski definition) is 1. The zero-order valence-corrected chi connectivity index (χ0v) is 10.3. The van der Waals surface area contributed by atoms with E-state index in [-0.39, 0.29) is 11.5 Å². The highest BCUT2D eigenvalue weighted by Crippen LogP contribution is 2.17. The molecule has 0 aromatic heterocycles. The Balaban J connectivity index is 2.17. The number of carbonyl (C=O) groups is 1. The van der Waals surface area contributed by atoms with Crippen LogP contribution in [0.4, 0.5) is 10.1 Å². The fourth-order valence-corrected chi connectivity index (χ4v) is 2.71. The number of thioether (sulfide) groups is 1. The number of benzene rings is 1. The van der Waals surface area contributed by atoms with Crippen LogP contribution >= 0.6 is 11.8 Å². The lowest BCUT2D eigenvalue weighted by atomic mass is 10.1. The number of amides is 1. The zero-order valence-electron chi connectivity index (χ0n) is 9.49. The summed E-state index contributed by atoms with van der Waals surface area (Å²) in [5.41, 5.74) is 5.92. The number of nitrogens with zero attached hydrogens (tertiary/aromatic N) is 1. The Morgan fingerprint density at radius 3 is 2.94 bits per heavy atom. The molecule has 0 atom stereocenters. The molecule has 17 heavy (non-hydrogen) atoms. The average molecular weight is 254 g/mol. The molecule has 1 fully saturated rings. The molecule has 0 radical (unpaired) electrons. The smallest absolute Gasteiger partial charge is 0.256 e. The predicted octanol–water partition coefficient (Wildman–Crippen LogP) is 1.99. The predicted molar refractivity (Wildman–Crippen MR) is 68.7 cm³/mol. The molecular weight excluding hydrogens is 239 g/mol. The third-order valence-electron chi connectivity index (χ3n) is 2.73. The maximum absolute atomic E-state index is 13.6. The van der Waals surface area contributed by atoms with Gasteiger partial charge in [0.25, 0.3) is 5.91 Å². The van der Waals surface area contributed by atoms with Crippen molar-refractivity contribution in [3.63, 3.8) is 0 Å². The van der Waals surface area contributed by atoms with E-state index >= 15 is 0 Å². The molecule has 2 N–H and O–H groups in total. The minimum absolute atomic E-state index is 0.117. The highest BCUT2D eigenvalue weighted by molar-refractivity contribution is 7.99. The molecule has 1 aromatic rings. The second-order valence-corrected chi connectivity index (χ2v) is 5.22. The Morgan fingerprint density at radius 1 is 1.35 bits per heavy atom. The minimum Gasteiger partial charge on any atom is -0.399 e. The number of nitrogen functional groups attached to an aromatic ring is 1. The van der Waals surface area contributed by atoms with E-state index in [2.05, 4.69) is 0 Å². The zero-order chi connectivity index (χ0) is 12.3. The van der Waals surface area contributed by atoms with Crippen LogP contribution in [0, 0.1) is 5.82 Å². The van der Waals surface area contributed by atoms with Gasteiger partial charge in [0.1, 0.15) is 5.82 Å². The first-order valence-electron chi connectivity index (χ1n) is 5.60. The van der Waals surface area contributed by atoms with Crippen molar-refractivity contribution >= 4 is 23.4 Å². The van der Waals surface area contributed by atoms with Crippen LogP contribution in [0.2, 0.25) is 0 Å². The Hall–Kier alpha value is -1.23. The van der Waals surface area contributed by atoms with Gasteiger partial charge >= 0.3 is 0 Å². The Morgan fingerprint density at radius 2 is 2.18 bits per heavy atom. The van der Waals surface area contributed by atoms with Crippen LogP contribution in [0.5, 0.6) is 0 Å². The lowest BCUT2D eigenvalue weighted by Crippen LogP contribution is -2.33. The summed E-state index contributed by atoms with van der Waals surface area (Å²) in [6.07, 6.45) is 0.965. The van der Waals surface area contributed by atoms with E-state index < -0.39 is 5.82 Å². The normalized spacial score (nSPS) is 16.6. The van der Waals surface area contributed by atoms with Gasteiger partial charge in [-0.15, -0.1) is 0 Å². The molecule has 1 aliphatic rings. The topological polar surface area (TPSA) is 46.3 Å². The van der Waals surface area contributed by atoms with Crippen molar-refractivity contribution in [2.75, 3.05) is 30.3 Å². The summed E-state index contributed by atoms with van der Waals surface area (Å²) >= 11 is 1.83. The van der Waals surface area contributed by atoms with Gasteiger partial charge in [-0.3, -0.25) is 4.79 Å². The summed E-state index contributed by atoms with van der Waals surface area (Å²) in [7, 11) is 0. The van der Waals surface area contributed by atoms with Gasteiger partial charge in [0.05, 0.1) is 5.56 Å². The van der Waals surface area contributed by atoms with Gasteiger partial charge in [-0.25, -0.2) is 4.39 Å². The van der Waals surface area contributed by atoms with Crippen molar-refractivity contribution in [2.24, 2.45) is 0 Å². The van der Waals surface area contributed by atoms with E-state index in [0.29, 0.717) is 18.8 Å². The summed E-state index contributed by atoms with van der Waals surface area (Å²) in [4.78, 5) is 13.8. The van der Waals surface area contributed by atoms with Crippen molar-refractivity contribution in [3.8, 4) is 0 Å². The van der Waals surface area contributed by atoms with Crippen LogP contribution in [0.3, 0.4) is 0 Å².